The van der Waals surface area contributed by atoms with Gasteiger partial charge in [-0.3, -0.25) is 5.43 Å². The second kappa shape index (κ2) is 6.95. The third-order valence-electron chi connectivity index (χ3n) is 2.93. The number of aryl methyl sites for hydroxylation is 2. The molecular weight excluding hydrogens is 285 g/mol. The molecule has 0 amide bonds. The predicted molar refractivity (Wildman–Crippen MR) is 89.3 cm³/mol. The molecule has 0 aromatic heterocycles. The van der Waals surface area contributed by atoms with Crippen molar-refractivity contribution in [2.24, 2.45) is 5.10 Å². The smallest absolute Gasteiger partial charge is 0.191 e. The molecule has 0 atom stereocenters. The van der Waals surface area contributed by atoms with Gasteiger partial charge in [0.25, 0.3) is 0 Å². The number of para-hydroxylation sites is 1. The van der Waals surface area contributed by atoms with Crippen LogP contribution in [-0.4, -0.2) is 11.3 Å². The molecule has 0 radical (unpaired) electrons. The molecule has 5 heteroatoms. The molecule has 2 aromatic carbocycles. The van der Waals surface area contributed by atoms with E-state index >= 15 is 0 Å². The molecule has 2 aromatic rings. The number of thiocarbonyl (C=S) groups is 1. The van der Waals surface area contributed by atoms with E-state index in [2.05, 4.69) is 15.8 Å². The van der Waals surface area contributed by atoms with E-state index in [9.17, 15) is 4.39 Å². The highest BCUT2D eigenvalue weighted by atomic mass is 32.1. The molecule has 108 valence electrons. The van der Waals surface area contributed by atoms with Crippen molar-refractivity contribution in [2.45, 2.75) is 13.8 Å². The summed E-state index contributed by atoms with van der Waals surface area (Å²) in [5.74, 6) is -0.361. The van der Waals surface area contributed by atoms with E-state index in [-0.39, 0.29) is 10.9 Å². The van der Waals surface area contributed by atoms with Crippen molar-refractivity contribution in [3.8, 4) is 0 Å². The normalized spacial score (nSPS) is 10.6. The first-order chi connectivity index (χ1) is 10.1. The van der Waals surface area contributed by atoms with Gasteiger partial charge in [0, 0.05) is 0 Å². The average Bonchev–Trinajstić information content (AvgIpc) is 2.45. The van der Waals surface area contributed by atoms with Crippen molar-refractivity contribution >= 4 is 29.2 Å². The van der Waals surface area contributed by atoms with Crippen LogP contribution in [0.3, 0.4) is 0 Å². The Morgan fingerprint density at radius 3 is 2.71 bits per heavy atom. The molecule has 2 N–H and O–H groups in total. The number of anilines is 1. The molecule has 0 unspecified atom stereocenters. The van der Waals surface area contributed by atoms with Gasteiger partial charge in [0.15, 0.2) is 5.11 Å². The van der Waals surface area contributed by atoms with E-state index < -0.39 is 0 Å². The summed E-state index contributed by atoms with van der Waals surface area (Å²) in [5.41, 5.74) is 6.29. The van der Waals surface area contributed by atoms with E-state index in [1.165, 1.54) is 6.07 Å². The molecule has 21 heavy (non-hydrogen) atoms. The van der Waals surface area contributed by atoms with Gasteiger partial charge in [0.1, 0.15) is 5.82 Å². The lowest BCUT2D eigenvalue weighted by Gasteiger charge is -2.07. The van der Waals surface area contributed by atoms with Gasteiger partial charge in [0.2, 0.25) is 0 Å². The fraction of sp³-hybridized carbons (Fsp3) is 0.125. The third kappa shape index (κ3) is 4.36. The Labute approximate surface area is 128 Å². The maximum atomic E-state index is 13.4. The number of nitrogens with one attached hydrogen (secondary N) is 2. The topological polar surface area (TPSA) is 36.4 Å². The zero-order valence-corrected chi connectivity index (χ0v) is 12.7. The average molecular weight is 301 g/mol. The van der Waals surface area contributed by atoms with Gasteiger partial charge in [-0.05, 0) is 49.3 Å². The van der Waals surface area contributed by atoms with Crippen LogP contribution < -0.4 is 10.7 Å². The number of halogens is 1. The van der Waals surface area contributed by atoms with Crippen LogP contribution in [0.4, 0.5) is 10.1 Å². The summed E-state index contributed by atoms with van der Waals surface area (Å²) in [4.78, 5) is 0. The highest BCUT2D eigenvalue weighted by Crippen LogP contribution is 2.12. The SMILES string of the molecule is Cc1ccc(C)c(/C=N\NC(=S)Nc2ccccc2F)c1. The number of hydrogen-bond donors (Lipinski definition) is 2. The van der Waals surface area contributed by atoms with Gasteiger partial charge in [-0.25, -0.2) is 4.39 Å². The first kappa shape index (κ1) is 15.1. The Hall–Kier alpha value is -2.27. The molecule has 0 saturated heterocycles. The first-order valence-corrected chi connectivity index (χ1v) is 6.89. The van der Waals surface area contributed by atoms with Gasteiger partial charge < -0.3 is 5.32 Å². The molecule has 0 heterocycles. The molecule has 0 aliphatic carbocycles. The number of rotatable bonds is 3. The van der Waals surface area contributed by atoms with E-state index in [1.807, 2.05) is 32.0 Å². The van der Waals surface area contributed by atoms with Gasteiger partial charge >= 0.3 is 0 Å². The van der Waals surface area contributed by atoms with Gasteiger partial charge in [-0.1, -0.05) is 35.9 Å². The highest BCUT2D eigenvalue weighted by Gasteiger charge is 2.01. The summed E-state index contributed by atoms with van der Waals surface area (Å²) in [6.45, 7) is 4.03. The van der Waals surface area contributed by atoms with Gasteiger partial charge in [0.05, 0.1) is 11.9 Å². The molecule has 0 bridgehead atoms. The summed E-state index contributed by atoms with van der Waals surface area (Å²) < 4.78 is 13.4. The Morgan fingerprint density at radius 2 is 1.95 bits per heavy atom. The van der Waals surface area contributed by atoms with Crippen molar-refractivity contribution in [3.63, 3.8) is 0 Å². The van der Waals surface area contributed by atoms with Gasteiger partial charge in [-0.2, -0.15) is 5.10 Å². The van der Waals surface area contributed by atoms with Crippen LogP contribution in [0.15, 0.2) is 47.6 Å². The van der Waals surface area contributed by atoms with Crippen LogP contribution in [0.1, 0.15) is 16.7 Å². The Morgan fingerprint density at radius 1 is 1.19 bits per heavy atom. The van der Waals surface area contributed by atoms with Crippen molar-refractivity contribution < 1.29 is 4.39 Å². The zero-order chi connectivity index (χ0) is 15.2. The minimum absolute atomic E-state index is 0.238. The quantitative estimate of drug-likeness (QED) is 0.515. The van der Waals surface area contributed by atoms with Crippen molar-refractivity contribution in [3.05, 3.63) is 65.0 Å². The fourth-order valence-electron chi connectivity index (χ4n) is 1.77. The summed E-state index contributed by atoms with van der Waals surface area (Å²) >= 11 is 5.07. The fourth-order valence-corrected chi connectivity index (χ4v) is 1.93. The Balaban J connectivity index is 1.96. The molecule has 0 aliphatic rings. The number of hydrogen-bond acceptors (Lipinski definition) is 2. The van der Waals surface area contributed by atoms with Crippen LogP contribution in [0.25, 0.3) is 0 Å². The van der Waals surface area contributed by atoms with Crippen LogP contribution in [0.2, 0.25) is 0 Å². The van der Waals surface area contributed by atoms with Crippen molar-refractivity contribution in [1.82, 2.24) is 5.43 Å². The van der Waals surface area contributed by atoms with E-state index in [4.69, 9.17) is 12.2 Å². The zero-order valence-electron chi connectivity index (χ0n) is 11.9. The maximum Gasteiger partial charge on any atom is 0.191 e. The predicted octanol–water partition coefficient (Wildman–Crippen LogP) is 3.76. The number of hydrazone groups is 1. The van der Waals surface area contributed by atoms with E-state index in [0.717, 1.165) is 16.7 Å². The lowest BCUT2D eigenvalue weighted by molar-refractivity contribution is 0.632. The number of benzene rings is 2. The summed E-state index contributed by atoms with van der Waals surface area (Å²) in [7, 11) is 0. The molecule has 3 nitrogen and oxygen atoms in total. The lowest BCUT2D eigenvalue weighted by atomic mass is 10.1. The van der Waals surface area contributed by atoms with Crippen molar-refractivity contribution in [1.29, 1.82) is 0 Å². The largest absolute Gasteiger partial charge is 0.329 e. The second-order valence-corrected chi connectivity index (χ2v) is 5.07. The standard InChI is InChI=1S/C16H16FN3S/c1-11-7-8-12(2)13(9-11)10-18-20-16(21)19-15-6-4-3-5-14(15)17/h3-10H,1-2H3,(H2,19,20,21)/b18-10-. The second-order valence-electron chi connectivity index (χ2n) is 4.66. The van der Waals surface area contributed by atoms with E-state index in [0.29, 0.717) is 5.69 Å². The molecular formula is C16H16FN3S. The Kier molecular flexibility index (Phi) is 5.00. The molecule has 0 fully saturated rings. The van der Waals surface area contributed by atoms with Crippen LogP contribution in [0.5, 0.6) is 0 Å². The van der Waals surface area contributed by atoms with Gasteiger partial charge in [-0.15, -0.1) is 0 Å². The maximum absolute atomic E-state index is 13.4. The Bertz CT molecular complexity index is 683. The summed E-state index contributed by atoms with van der Waals surface area (Å²) in [5, 5.41) is 7.06. The molecule has 0 spiro atoms. The lowest BCUT2D eigenvalue weighted by Crippen LogP contribution is -2.24. The molecule has 2 rings (SSSR count). The first-order valence-electron chi connectivity index (χ1n) is 6.48. The molecule has 0 saturated carbocycles. The van der Waals surface area contributed by atoms with Crippen LogP contribution in [0, 0.1) is 19.7 Å². The third-order valence-corrected chi connectivity index (χ3v) is 3.12. The van der Waals surface area contributed by atoms with Crippen LogP contribution >= 0.6 is 12.2 Å². The van der Waals surface area contributed by atoms with Crippen LogP contribution in [-0.2, 0) is 0 Å². The monoisotopic (exact) mass is 301 g/mol. The highest BCUT2D eigenvalue weighted by molar-refractivity contribution is 7.80. The number of nitrogens with zero attached hydrogens (tertiary/aromatic N) is 1. The van der Waals surface area contributed by atoms with E-state index in [1.54, 1.807) is 24.4 Å². The minimum Gasteiger partial charge on any atom is -0.329 e. The van der Waals surface area contributed by atoms with Crippen molar-refractivity contribution in [2.75, 3.05) is 5.32 Å². The molecule has 0 aliphatic heterocycles. The summed E-state index contributed by atoms with van der Waals surface area (Å²) in [6.07, 6.45) is 1.69. The summed E-state index contributed by atoms with van der Waals surface area (Å²) in [6, 6.07) is 12.4. The minimum atomic E-state index is -0.361.